The number of aromatic carboxylic acids is 1. The molecule has 28 heavy (non-hydrogen) atoms. The average molecular weight is 368 g/mol. The second-order valence-electron chi connectivity index (χ2n) is 7.62. The van der Waals surface area contributed by atoms with Crippen LogP contribution in [0.15, 0.2) is 66.7 Å². The first-order valence-corrected chi connectivity index (χ1v) is 9.77. The number of fused-ring (bicyclic) bond motifs is 1. The van der Waals surface area contributed by atoms with Crippen LogP contribution in [0.25, 0.3) is 11.1 Å². The molecule has 0 atom stereocenters. The van der Waals surface area contributed by atoms with Gasteiger partial charge < -0.3 is 5.11 Å². The number of hydrogen-bond donors (Lipinski definition) is 1. The third-order valence-corrected chi connectivity index (χ3v) is 5.54. The van der Waals surface area contributed by atoms with E-state index in [2.05, 4.69) is 62.4 Å². The van der Waals surface area contributed by atoms with E-state index in [9.17, 15) is 9.90 Å². The fourth-order valence-corrected chi connectivity index (χ4v) is 4.01. The molecule has 0 radical (unpaired) electrons. The van der Waals surface area contributed by atoms with Gasteiger partial charge in [0.2, 0.25) is 0 Å². The van der Waals surface area contributed by atoms with Gasteiger partial charge in [0.25, 0.3) is 0 Å². The Hall–Kier alpha value is -3.13. The molecule has 1 N–H and O–H groups in total. The molecule has 0 aliphatic heterocycles. The van der Waals surface area contributed by atoms with Crippen molar-refractivity contribution in [2.24, 2.45) is 0 Å². The largest absolute Gasteiger partial charge is 0.478 e. The molecule has 0 amide bonds. The number of carbonyl (C=O) groups is 1. The van der Waals surface area contributed by atoms with Crippen LogP contribution in [0.2, 0.25) is 0 Å². The lowest BCUT2D eigenvalue weighted by atomic mass is 9.87. The van der Waals surface area contributed by atoms with Crippen LogP contribution < -0.4 is 0 Å². The molecule has 0 spiro atoms. The molecule has 3 aromatic rings. The van der Waals surface area contributed by atoms with E-state index in [0.717, 1.165) is 30.4 Å². The molecule has 0 unspecified atom stereocenters. The molecule has 0 heterocycles. The van der Waals surface area contributed by atoms with Crippen molar-refractivity contribution in [3.05, 3.63) is 106 Å². The lowest BCUT2D eigenvalue weighted by Gasteiger charge is -2.17. The zero-order valence-corrected chi connectivity index (χ0v) is 16.3. The van der Waals surface area contributed by atoms with Crippen molar-refractivity contribution in [2.45, 2.75) is 33.1 Å². The van der Waals surface area contributed by atoms with E-state index < -0.39 is 5.97 Å². The maximum atomic E-state index is 11.5. The van der Waals surface area contributed by atoms with Crippen LogP contribution in [-0.2, 0) is 6.42 Å². The Morgan fingerprint density at radius 1 is 0.786 bits per heavy atom. The van der Waals surface area contributed by atoms with Crippen molar-refractivity contribution in [2.75, 3.05) is 0 Å². The Balaban J connectivity index is 1.98. The summed E-state index contributed by atoms with van der Waals surface area (Å²) in [4.78, 5) is 11.5. The fraction of sp³-hybridized carbons (Fsp3) is 0.192. The first kappa shape index (κ1) is 18.2. The molecule has 0 fully saturated rings. The molecule has 1 aliphatic rings. The molecule has 0 saturated heterocycles. The van der Waals surface area contributed by atoms with Gasteiger partial charge in [-0.15, -0.1) is 0 Å². The highest BCUT2D eigenvalue weighted by molar-refractivity contribution is 6.00. The third kappa shape index (κ3) is 3.50. The Bertz CT molecular complexity index is 1050. The summed E-state index contributed by atoms with van der Waals surface area (Å²) in [5.74, 6) is -0.869. The SMILES string of the molecule is Cc1ccc(C2=C(c3ccc(C)cc3)c3ccc(C(=O)O)cc3CCC2)cc1. The molecule has 2 heteroatoms. The van der Waals surface area contributed by atoms with Crippen LogP contribution in [0, 0.1) is 13.8 Å². The highest BCUT2D eigenvalue weighted by Gasteiger charge is 2.21. The summed E-state index contributed by atoms with van der Waals surface area (Å²) in [6, 6.07) is 23.0. The normalized spacial score (nSPS) is 13.8. The number of carboxylic acid groups (broad SMARTS) is 1. The molecular formula is C26H24O2. The smallest absolute Gasteiger partial charge is 0.335 e. The maximum Gasteiger partial charge on any atom is 0.335 e. The Kier molecular flexibility index (Phi) is 4.87. The number of hydrogen-bond acceptors (Lipinski definition) is 1. The molecule has 3 aromatic carbocycles. The number of allylic oxidation sites excluding steroid dienone is 1. The van der Waals surface area contributed by atoms with Crippen LogP contribution in [0.4, 0.5) is 0 Å². The third-order valence-electron chi connectivity index (χ3n) is 5.54. The van der Waals surface area contributed by atoms with Crippen LogP contribution >= 0.6 is 0 Å². The summed E-state index contributed by atoms with van der Waals surface area (Å²) >= 11 is 0. The highest BCUT2D eigenvalue weighted by Crippen LogP contribution is 2.40. The molecule has 0 saturated carbocycles. The quantitative estimate of drug-likeness (QED) is 0.589. The summed E-state index contributed by atoms with van der Waals surface area (Å²) in [5, 5.41) is 9.41. The molecule has 140 valence electrons. The van der Waals surface area contributed by atoms with E-state index in [4.69, 9.17) is 0 Å². The van der Waals surface area contributed by atoms with Crippen molar-refractivity contribution < 1.29 is 9.90 Å². The van der Waals surface area contributed by atoms with Gasteiger partial charge in [0.15, 0.2) is 0 Å². The number of carboxylic acids is 1. The zero-order chi connectivity index (χ0) is 19.7. The zero-order valence-electron chi connectivity index (χ0n) is 16.3. The van der Waals surface area contributed by atoms with E-state index >= 15 is 0 Å². The number of benzene rings is 3. The first-order valence-electron chi connectivity index (χ1n) is 9.77. The summed E-state index contributed by atoms with van der Waals surface area (Å²) in [5.41, 5.74) is 10.1. The summed E-state index contributed by atoms with van der Waals surface area (Å²) in [6.45, 7) is 4.20. The van der Waals surface area contributed by atoms with Gasteiger partial charge >= 0.3 is 5.97 Å². The lowest BCUT2D eigenvalue weighted by molar-refractivity contribution is 0.0696. The van der Waals surface area contributed by atoms with Crippen molar-refractivity contribution in [3.63, 3.8) is 0 Å². The van der Waals surface area contributed by atoms with Gasteiger partial charge in [-0.3, -0.25) is 0 Å². The van der Waals surface area contributed by atoms with Crippen molar-refractivity contribution in [3.8, 4) is 0 Å². The van der Waals surface area contributed by atoms with Gasteiger partial charge in [-0.25, -0.2) is 4.79 Å². The molecule has 0 aromatic heterocycles. The summed E-state index contributed by atoms with van der Waals surface area (Å²) in [6.07, 6.45) is 2.87. The Labute approximate surface area is 166 Å². The van der Waals surface area contributed by atoms with Crippen LogP contribution in [0.5, 0.6) is 0 Å². The van der Waals surface area contributed by atoms with Crippen LogP contribution in [-0.4, -0.2) is 11.1 Å². The van der Waals surface area contributed by atoms with Crippen molar-refractivity contribution >= 4 is 17.1 Å². The number of aryl methyl sites for hydroxylation is 3. The lowest BCUT2D eigenvalue weighted by Crippen LogP contribution is -2.01. The van der Waals surface area contributed by atoms with Gasteiger partial charge in [-0.1, -0.05) is 65.7 Å². The molecule has 0 bridgehead atoms. The topological polar surface area (TPSA) is 37.3 Å². The number of rotatable bonds is 3. The minimum Gasteiger partial charge on any atom is -0.478 e. The van der Waals surface area contributed by atoms with Gasteiger partial charge in [0.05, 0.1) is 5.56 Å². The standard InChI is InChI=1S/C26H24O2/c1-17-6-10-19(11-7-17)23-5-3-4-21-16-22(26(27)28)14-15-24(21)25(23)20-12-8-18(2)9-13-20/h6-16H,3-5H2,1-2H3,(H,27,28). The molecular weight excluding hydrogens is 344 g/mol. The monoisotopic (exact) mass is 368 g/mol. The highest BCUT2D eigenvalue weighted by atomic mass is 16.4. The second-order valence-corrected chi connectivity index (χ2v) is 7.62. The first-order chi connectivity index (χ1) is 13.5. The van der Waals surface area contributed by atoms with Gasteiger partial charge in [0.1, 0.15) is 0 Å². The van der Waals surface area contributed by atoms with Gasteiger partial charge in [0, 0.05) is 0 Å². The minimum atomic E-state index is -0.869. The van der Waals surface area contributed by atoms with Crippen molar-refractivity contribution in [1.82, 2.24) is 0 Å². The van der Waals surface area contributed by atoms with Crippen LogP contribution in [0.3, 0.4) is 0 Å². The Morgan fingerprint density at radius 2 is 1.39 bits per heavy atom. The van der Waals surface area contributed by atoms with Crippen molar-refractivity contribution in [1.29, 1.82) is 0 Å². The van der Waals surface area contributed by atoms with E-state index in [1.807, 2.05) is 12.1 Å². The van der Waals surface area contributed by atoms with E-state index in [1.54, 1.807) is 6.07 Å². The van der Waals surface area contributed by atoms with E-state index in [0.29, 0.717) is 5.56 Å². The van der Waals surface area contributed by atoms with Gasteiger partial charge in [-0.2, -0.15) is 0 Å². The van der Waals surface area contributed by atoms with E-state index in [-0.39, 0.29) is 0 Å². The molecule has 4 rings (SSSR count). The fourth-order valence-electron chi connectivity index (χ4n) is 4.01. The molecule has 2 nitrogen and oxygen atoms in total. The summed E-state index contributed by atoms with van der Waals surface area (Å²) in [7, 11) is 0. The average Bonchev–Trinajstić information content (AvgIpc) is 2.88. The maximum absolute atomic E-state index is 11.5. The van der Waals surface area contributed by atoms with Crippen LogP contribution in [0.1, 0.15) is 56.6 Å². The summed E-state index contributed by atoms with van der Waals surface area (Å²) < 4.78 is 0. The minimum absolute atomic E-state index is 0.362. The molecule has 1 aliphatic carbocycles. The van der Waals surface area contributed by atoms with E-state index in [1.165, 1.54) is 33.4 Å². The predicted octanol–water partition coefficient (Wildman–Crippen LogP) is 6.30. The second kappa shape index (κ2) is 7.47. The predicted molar refractivity (Wildman–Crippen MR) is 115 cm³/mol. The Morgan fingerprint density at radius 3 is 2.00 bits per heavy atom. The van der Waals surface area contributed by atoms with Gasteiger partial charge in [-0.05, 0) is 78.6 Å².